The predicted octanol–water partition coefficient (Wildman–Crippen LogP) is 4.09. The molecule has 28 heavy (non-hydrogen) atoms. The summed E-state index contributed by atoms with van der Waals surface area (Å²) in [6.45, 7) is 5.47. The fraction of sp³-hybridized carbons (Fsp3) is 0.200. The van der Waals surface area contributed by atoms with Crippen LogP contribution >= 0.6 is 11.6 Å². The minimum absolute atomic E-state index is 0.00220. The molecule has 0 radical (unpaired) electrons. The fourth-order valence-electron chi connectivity index (χ4n) is 2.48. The Morgan fingerprint density at radius 3 is 2.32 bits per heavy atom. The number of aryl methyl sites for hydroxylation is 1. The number of nitrogens with zero attached hydrogens (tertiary/aromatic N) is 2. The van der Waals surface area contributed by atoms with Crippen molar-refractivity contribution in [3.8, 4) is 11.5 Å². The number of amides is 2. The molecule has 0 aliphatic carbocycles. The van der Waals surface area contributed by atoms with Crippen molar-refractivity contribution in [2.75, 3.05) is 5.32 Å². The SMILES string of the molecule is Cc1noc(-c2ccc(C(=O)Nc3cc(C(=O)NC(C)C)ccc3Cl)cc2)n1. The van der Waals surface area contributed by atoms with Crippen molar-refractivity contribution in [3.05, 3.63) is 64.4 Å². The Bertz CT molecular complexity index is 1010. The smallest absolute Gasteiger partial charge is 0.257 e. The Labute approximate surface area is 167 Å². The van der Waals surface area contributed by atoms with Gasteiger partial charge >= 0.3 is 0 Å². The molecular weight excluding hydrogens is 380 g/mol. The molecule has 8 heteroatoms. The Hall–Kier alpha value is -3.19. The van der Waals surface area contributed by atoms with Crippen LogP contribution < -0.4 is 10.6 Å². The summed E-state index contributed by atoms with van der Waals surface area (Å²) in [6.07, 6.45) is 0. The van der Waals surface area contributed by atoms with E-state index in [2.05, 4.69) is 20.8 Å². The quantitative estimate of drug-likeness (QED) is 0.674. The highest BCUT2D eigenvalue weighted by Crippen LogP contribution is 2.24. The lowest BCUT2D eigenvalue weighted by Crippen LogP contribution is -2.30. The maximum absolute atomic E-state index is 12.6. The number of halogens is 1. The number of carbonyl (C=O) groups excluding carboxylic acids is 2. The lowest BCUT2D eigenvalue weighted by atomic mass is 10.1. The molecule has 0 aliphatic rings. The summed E-state index contributed by atoms with van der Waals surface area (Å²) in [6, 6.07) is 11.5. The number of rotatable bonds is 5. The molecule has 144 valence electrons. The number of hydrogen-bond acceptors (Lipinski definition) is 5. The van der Waals surface area contributed by atoms with Crippen LogP contribution in [-0.2, 0) is 0 Å². The Balaban J connectivity index is 1.76. The van der Waals surface area contributed by atoms with Crippen LogP contribution in [0.25, 0.3) is 11.5 Å². The van der Waals surface area contributed by atoms with Crippen LogP contribution in [0.4, 0.5) is 5.69 Å². The van der Waals surface area contributed by atoms with Crippen molar-refractivity contribution in [3.63, 3.8) is 0 Å². The molecule has 0 fully saturated rings. The second kappa shape index (κ2) is 8.22. The summed E-state index contributed by atoms with van der Waals surface area (Å²) in [5.74, 6) is 0.335. The van der Waals surface area contributed by atoms with Gasteiger partial charge in [-0.3, -0.25) is 9.59 Å². The normalized spacial score (nSPS) is 10.8. The van der Waals surface area contributed by atoms with E-state index in [1.165, 1.54) is 0 Å². The second-order valence-electron chi connectivity index (χ2n) is 6.50. The summed E-state index contributed by atoms with van der Waals surface area (Å²) in [5, 5.41) is 9.62. The van der Waals surface area contributed by atoms with Crippen molar-refractivity contribution >= 4 is 29.1 Å². The Morgan fingerprint density at radius 1 is 1.04 bits per heavy atom. The second-order valence-corrected chi connectivity index (χ2v) is 6.91. The van der Waals surface area contributed by atoms with Gasteiger partial charge in [-0.1, -0.05) is 16.8 Å². The maximum Gasteiger partial charge on any atom is 0.257 e. The van der Waals surface area contributed by atoms with E-state index in [1.807, 2.05) is 13.8 Å². The van der Waals surface area contributed by atoms with Gasteiger partial charge in [-0.25, -0.2) is 0 Å². The minimum atomic E-state index is -0.350. The van der Waals surface area contributed by atoms with Gasteiger partial charge in [0.1, 0.15) is 0 Å². The standard InChI is InChI=1S/C20H19ClN4O3/c1-11(2)22-19(27)15-8-9-16(21)17(10-15)24-18(26)13-4-6-14(7-5-13)20-23-12(3)25-28-20/h4-11H,1-3H3,(H,22,27)(H,24,26). The topological polar surface area (TPSA) is 97.1 Å². The van der Waals surface area contributed by atoms with E-state index in [0.29, 0.717) is 39.1 Å². The summed E-state index contributed by atoms with van der Waals surface area (Å²) >= 11 is 6.17. The molecule has 0 saturated heterocycles. The number of aromatic nitrogens is 2. The number of carbonyl (C=O) groups is 2. The first-order valence-electron chi connectivity index (χ1n) is 8.66. The molecule has 3 aromatic rings. The van der Waals surface area contributed by atoms with Crippen LogP contribution in [0.5, 0.6) is 0 Å². The summed E-state index contributed by atoms with van der Waals surface area (Å²) < 4.78 is 5.11. The number of hydrogen-bond donors (Lipinski definition) is 2. The molecule has 0 spiro atoms. The van der Waals surface area contributed by atoms with Gasteiger partial charge in [0.2, 0.25) is 0 Å². The van der Waals surface area contributed by atoms with Gasteiger partial charge < -0.3 is 15.2 Å². The van der Waals surface area contributed by atoms with Crippen LogP contribution in [0.2, 0.25) is 5.02 Å². The minimum Gasteiger partial charge on any atom is -0.350 e. The van der Waals surface area contributed by atoms with Gasteiger partial charge in [-0.15, -0.1) is 0 Å². The van der Waals surface area contributed by atoms with Crippen molar-refractivity contribution in [2.24, 2.45) is 0 Å². The van der Waals surface area contributed by atoms with Gasteiger partial charge in [0.05, 0.1) is 10.7 Å². The van der Waals surface area contributed by atoms with Gasteiger partial charge in [-0.05, 0) is 63.2 Å². The van der Waals surface area contributed by atoms with Crippen LogP contribution in [0.3, 0.4) is 0 Å². The molecule has 0 unspecified atom stereocenters. The first-order chi connectivity index (χ1) is 13.3. The highest BCUT2D eigenvalue weighted by atomic mass is 35.5. The van der Waals surface area contributed by atoms with E-state index in [-0.39, 0.29) is 17.9 Å². The van der Waals surface area contributed by atoms with Gasteiger partial charge in [0.15, 0.2) is 5.82 Å². The van der Waals surface area contributed by atoms with E-state index in [4.69, 9.17) is 16.1 Å². The van der Waals surface area contributed by atoms with Crippen molar-refractivity contribution in [1.82, 2.24) is 15.5 Å². The molecule has 2 amide bonds. The highest BCUT2D eigenvalue weighted by molar-refractivity contribution is 6.34. The summed E-state index contributed by atoms with van der Waals surface area (Å²) in [7, 11) is 0. The fourth-order valence-corrected chi connectivity index (χ4v) is 2.65. The first kappa shape index (κ1) is 19.6. The van der Waals surface area contributed by atoms with E-state index < -0.39 is 0 Å². The molecule has 7 nitrogen and oxygen atoms in total. The highest BCUT2D eigenvalue weighted by Gasteiger charge is 2.14. The van der Waals surface area contributed by atoms with Gasteiger partial charge in [-0.2, -0.15) is 4.98 Å². The van der Waals surface area contributed by atoms with Crippen LogP contribution in [0, 0.1) is 6.92 Å². The predicted molar refractivity (Wildman–Crippen MR) is 106 cm³/mol. The average molecular weight is 399 g/mol. The monoisotopic (exact) mass is 398 g/mol. The average Bonchev–Trinajstić information content (AvgIpc) is 3.09. The van der Waals surface area contributed by atoms with Crippen LogP contribution in [0.15, 0.2) is 47.0 Å². The molecule has 1 aromatic heterocycles. The van der Waals surface area contributed by atoms with E-state index in [9.17, 15) is 9.59 Å². The molecule has 0 atom stereocenters. The van der Waals surface area contributed by atoms with E-state index in [0.717, 1.165) is 0 Å². The molecule has 2 aromatic carbocycles. The Morgan fingerprint density at radius 2 is 1.71 bits per heavy atom. The lowest BCUT2D eigenvalue weighted by molar-refractivity contribution is 0.0942. The van der Waals surface area contributed by atoms with E-state index in [1.54, 1.807) is 49.4 Å². The van der Waals surface area contributed by atoms with E-state index >= 15 is 0 Å². The molecule has 0 saturated carbocycles. The van der Waals surface area contributed by atoms with Crippen molar-refractivity contribution in [1.29, 1.82) is 0 Å². The molecule has 0 aliphatic heterocycles. The first-order valence-corrected chi connectivity index (χ1v) is 9.04. The lowest BCUT2D eigenvalue weighted by Gasteiger charge is -2.12. The molecule has 3 rings (SSSR count). The zero-order valence-corrected chi connectivity index (χ0v) is 16.4. The Kier molecular flexibility index (Phi) is 5.75. The maximum atomic E-state index is 12.6. The molecule has 2 N–H and O–H groups in total. The third kappa shape index (κ3) is 4.55. The molecule has 0 bridgehead atoms. The third-order valence-electron chi connectivity index (χ3n) is 3.82. The number of benzene rings is 2. The third-order valence-corrected chi connectivity index (χ3v) is 4.15. The van der Waals surface area contributed by atoms with Crippen molar-refractivity contribution < 1.29 is 14.1 Å². The van der Waals surface area contributed by atoms with Crippen LogP contribution in [-0.4, -0.2) is 28.0 Å². The van der Waals surface area contributed by atoms with Gasteiger partial charge in [0, 0.05) is 22.7 Å². The number of anilines is 1. The van der Waals surface area contributed by atoms with Crippen LogP contribution in [0.1, 0.15) is 40.4 Å². The summed E-state index contributed by atoms with van der Waals surface area (Å²) in [5.41, 5.74) is 1.91. The molecule has 1 heterocycles. The zero-order chi connectivity index (χ0) is 20.3. The zero-order valence-electron chi connectivity index (χ0n) is 15.6. The van der Waals surface area contributed by atoms with Gasteiger partial charge in [0.25, 0.3) is 17.7 Å². The number of nitrogens with one attached hydrogen (secondary N) is 2. The van der Waals surface area contributed by atoms with Crippen molar-refractivity contribution in [2.45, 2.75) is 26.8 Å². The summed E-state index contributed by atoms with van der Waals surface area (Å²) in [4.78, 5) is 28.9. The largest absolute Gasteiger partial charge is 0.350 e. The molecular formula is C20H19ClN4O3.